The van der Waals surface area contributed by atoms with E-state index in [0.717, 1.165) is 27.8 Å². The Morgan fingerprint density at radius 2 is 1.80 bits per heavy atom. The largest absolute Gasteiger partial charge is 0.497 e. The summed E-state index contributed by atoms with van der Waals surface area (Å²) < 4.78 is 33.6. The van der Waals surface area contributed by atoms with Gasteiger partial charge in [0.05, 0.1) is 31.3 Å². The van der Waals surface area contributed by atoms with Gasteiger partial charge in [-0.25, -0.2) is 18.9 Å². The highest BCUT2D eigenvalue weighted by atomic mass is 19.1. The minimum atomic E-state index is -0.634. The fourth-order valence-corrected chi connectivity index (χ4v) is 5.50. The zero-order valence-electron chi connectivity index (χ0n) is 29.2. The highest BCUT2D eigenvalue weighted by Crippen LogP contribution is 2.36. The van der Waals surface area contributed by atoms with Crippen LogP contribution in [-0.4, -0.2) is 67.6 Å². The van der Waals surface area contributed by atoms with Crippen LogP contribution in [0.4, 0.5) is 9.18 Å². The highest BCUT2D eigenvalue weighted by Gasteiger charge is 2.29. The summed E-state index contributed by atoms with van der Waals surface area (Å²) in [6, 6.07) is 14.4. The molecule has 0 unspecified atom stereocenters. The molecule has 2 aromatic carbocycles. The van der Waals surface area contributed by atoms with E-state index in [0.29, 0.717) is 42.4 Å². The van der Waals surface area contributed by atoms with Gasteiger partial charge in [0.1, 0.15) is 17.2 Å². The maximum absolute atomic E-state index is 15.7. The third-order valence-corrected chi connectivity index (χ3v) is 8.07. The second-order valence-electron chi connectivity index (χ2n) is 14.2. The zero-order chi connectivity index (χ0) is 35.8. The Hall–Kier alpha value is -5.59. The van der Waals surface area contributed by atoms with Gasteiger partial charge >= 0.3 is 6.09 Å². The lowest BCUT2D eigenvalue weighted by molar-refractivity contribution is 0.0306. The maximum atomic E-state index is 15.7. The van der Waals surface area contributed by atoms with Crippen LogP contribution in [0.1, 0.15) is 74.9 Å². The van der Waals surface area contributed by atoms with Gasteiger partial charge in [0.25, 0.3) is 11.7 Å². The zero-order valence-corrected chi connectivity index (χ0v) is 29.2. The highest BCUT2D eigenvalue weighted by molar-refractivity contribution is 6.01. The molecule has 1 aliphatic rings. The van der Waals surface area contributed by atoms with Crippen molar-refractivity contribution in [1.29, 1.82) is 0 Å². The van der Waals surface area contributed by atoms with Crippen molar-refractivity contribution in [2.24, 2.45) is 0 Å². The van der Waals surface area contributed by atoms with Crippen LogP contribution < -0.4 is 10.1 Å². The molecule has 12 nitrogen and oxygen atoms in total. The smallest absolute Gasteiger partial charge is 0.410 e. The van der Waals surface area contributed by atoms with Crippen LogP contribution in [0.3, 0.4) is 0 Å². The molecule has 6 rings (SSSR count). The van der Waals surface area contributed by atoms with Crippen LogP contribution in [0.25, 0.3) is 27.7 Å². The van der Waals surface area contributed by atoms with Crippen molar-refractivity contribution in [1.82, 2.24) is 35.1 Å². The van der Waals surface area contributed by atoms with Gasteiger partial charge in [-0.1, -0.05) is 56.3 Å². The van der Waals surface area contributed by atoms with Crippen LogP contribution in [0.15, 0.2) is 65.3 Å². The monoisotopic (exact) mass is 681 g/mol. The standard InChI is InChI=1S/C37H40FN7O5/c1-36(2,3)34-41-31(43-50-34)33(46)40-19-24-11-10-23(18-28(24)38)27-14-16-39-32-29(27)30(25-15-17-44(21-25)35(47)49-37(4,5)6)42-45(32)20-22-8-12-26(48-7)13-9-22/h8-16,18H,17,19-21H2,1-7H3,(H,40,46). The molecular weight excluding hydrogens is 641 g/mol. The van der Waals surface area contributed by atoms with Gasteiger partial charge in [0, 0.05) is 30.3 Å². The number of hydrogen-bond acceptors (Lipinski definition) is 9. The summed E-state index contributed by atoms with van der Waals surface area (Å²) in [5.74, 6) is -0.105. The van der Waals surface area contributed by atoms with Crippen molar-refractivity contribution in [3.63, 3.8) is 0 Å². The summed E-state index contributed by atoms with van der Waals surface area (Å²) in [6.07, 6.45) is 3.22. The Morgan fingerprint density at radius 3 is 2.46 bits per heavy atom. The summed E-state index contributed by atoms with van der Waals surface area (Å²) >= 11 is 0. The van der Waals surface area contributed by atoms with Crippen molar-refractivity contribution < 1.29 is 28.0 Å². The predicted molar refractivity (Wildman–Crippen MR) is 185 cm³/mol. The molecule has 5 aromatic rings. The Bertz CT molecular complexity index is 2090. The minimum Gasteiger partial charge on any atom is -0.497 e. The molecule has 0 bridgehead atoms. The number of rotatable bonds is 8. The van der Waals surface area contributed by atoms with E-state index < -0.39 is 28.8 Å². The van der Waals surface area contributed by atoms with E-state index in [1.54, 1.807) is 30.3 Å². The fourth-order valence-electron chi connectivity index (χ4n) is 5.50. The number of benzene rings is 2. The van der Waals surface area contributed by atoms with E-state index in [9.17, 15) is 9.59 Å². The van der Waals surface area contributed by atoms with Gasteiger partial charge in [0.2, 0.25) is 5.89 Å². The molecule has 4 heterocycles. The SMILES string of the molecule is COc1ccc(Cn2nc(C3=CCN(C(=O)OC(C)(C)C)C3)c3c(-c4ccc(CNC(=O)c5noc(C(C)(C)C)n5)c(F)c4)ccnc32)cc1. The lowest BCUT2D eigenvalue weighted by Crippen LogP contribution is -2.35. The molecular formula is C37H40FN7O5. The molecule has 260 valence electrons. The summed E-state index contributed by atoms with van der Waals surface area (Å²) in [7, 11) is 1.62. The van der Waals surface area contributed by atoms with Gasteiger partial charge in [-0.05, 0) is 67.3 Å². The molecule has 3 aromatic heterocycles. The quantitative estimate of drug-likeness (QED) is 0.194. The number of amides is 2. The average Bonchev–Trinajstić information content (AvgIpc) is 3.83. The van der Waals surface area contributed by atoms with Crippen LogP contribution in [0.2, 0.25) is 0 Å². The Balaban J connectivity index is 1.31. The van der Waals surface area contributed by atoms with Gasteiger partial charge in [-0.2, -0.15) is 10.1 Å². The van der Waals surface area contributed by atoms with Gasteiger partial charge in [-0.3, -0.25) is 4.79 Å². The number of pyridine rings is 1. The van der Waals surface area contributed by atoms with Crippen molar-refractivity contribution in [3.05, 3.63) is 95.2 Å². The number of hydrogen-bond donors (Lipinski definition) is 1. The van der Waals surface area contributed by atoms with E-state index in [4.69, 9.17) is 24.1 Å². The number of nitrogens with one attached hydrogen (secondary N) is 1. The molecule has 1 N–H and O–H groups in total. The summed E-state index contributed by atoms with van der Waals surface area (Å²) in [5.41, 5.74) is 3.63. The third-order valence-electron chi connectivity index (χ3n) is 8.07. The number of nitrogens with zero attached hydrogens (tertiary/aromatic N) is 6. The van der Waals surface area contributed by atoms with Crippen molar-refractivity contribution >= 4 is 28.6 Å². The van der Waals surface area contributed by atoms with Gasteiger partial charge in [0.15, 0.2) is 5.65 Å². The van der Waals surface area contributed by atoms with E-state index in [1.807, 2.05) is 82.6 Å². The summed E-state index contributed by atoms with van der Waals surface area (Å²) in [5, 5.41) is 12.2. The first-order valence-corrected chi connectivity index (χ1v) is 16.3. The molecule has 13 heteroatoms. The predicted octanol–water partition coefficient (Wildman–Crippen LogP) is 6.54. The number of methoxy groups -OCH3 is 1. The molecule has 50 heavy (non-hydrogen) atoms. The number of halogens is 1. The second kappa shape index (κ2) is 13.4. The van der Waals surface area contributed by atoms with Crippen LogP contribution in [0.5, 0.6) is 5.75 Å². The van der Waals surface area contributed by atoms with E-state index in [-0.39, 0.29) is 17.9 Å². The lowest BCUT2D eigenvalue weighted by atomic mass is 9.97. The summed E-state index contributed by atoms with van der Waals surface area (Å²) in [6.45, 7) is 12.2. The van der Waals surface area contributed by atoms with Crippen LogP contribution >= 0.6 is 0 Å². The second-order valence-corrected chi connectivity index (χ2v) is 14.2. The molecule has 0 saturated heterocycles. The van der Waals surface area contributed by atoms with Crippen molar-refractivity contribution in [3.8, 4) is 16.9 Å². The lowest BCUT2D eigenvalue weighted by Gasteiger charge is -2.24. The molecule has 0 fully saturated rings. The van der Waals surface area contributed by atoms with E-state index in [1.165, 1.54) is 6.07 Å². The first kappa shape index (κ1) is 34.3. The Morgan fingerprint density at radius 1 is 1.04 bits per heavy atom. The van der Waals surface area contributed by atoms with Gasteiger partial charge < -0.3 is 24.2 Å². The number of carbonyl (C=O) groups excluding carboxylic acids is 2. The molecule has 0 spiro atoms. The molecule has 0 atom stereocenters. The normalized spacial score (nSPS) is 13.4. The van der Waals surface area contributed by atoms with Gasteiger partial charge in [-0.15, -0.1) is 0 Å². The minimum absolute atomic E-state index is 0.0749. The van der Waals surface area contributed by atoms with E-state index >= 15 is 4.39 Å². The first-order chi connectivity index (χ1) is 23.7. The fraction of sp³-hybridized carbons (Fsp3) is 0.351. The molecule has 0 radical (unpaired) electrons. The maximum Gasteiger partial charge on any atom is 0.410 e. The van der Waals surface area contributed by atoms with Crippen molar-refractivity contribution in [2.45, 2.75) is 65.6 Å². The Kier molecular flexibility index (Phi) is 9.17. The molecule has 0 saturated carbocycles. The Labute approximate surface area is 289 Å². The first-order valence-electron chi connectivity index (χ1n) is 16.3. The number of ether oxygens (including phenoxy) is 2. The molecule has 2 amide bonds. The van der Waals surface area contributed by atoms with E-state index in [2.05, 4.69) is 15.5 Å². The molecule has 0 aliphatic carbocycles. The average molecular weight is 682 g/mol. The molecule has 1 aliphatic heterocycles. The number of carbonyl (C=O) groups is 2. The number of fused-ring (bicyclic) bond motifs is 1. The third kappa shape index (κ3) is 7.36. The van der Waals surface area contributed by atoms with Crippen molar-refractivity contribution in [2.75, 3.05) is 20.2 Å². The van der Waals surface area contributed by atoms with Crippen LogP contribution in [-0.2, 0) is 23.2 Å². The number of aromatic nitrogens is 5. The summed E-state index contributed by atoms with van der Waals surface area (Å²) in [4.78, 5) is 36.1. The van der Waals surface area contributed by atoms with Crippen LogP contribution in [0, 0.1) is 5.82 Å². The topological polar surface area (TPSA) is 138 Å².